The third-order valence-corrected chi connectivity index (χ3v) is 7.05. The van der Waals surface area contributed by atoms with Crippen molar-refractivity contribution in [2.75, 3.05) is 18.4 Å². The molecule has 0 aliphatic heterocycles. The average Bonchev–Trinajstić information content (AvgIpc) is 2.61. The Labute approximate surface area is 173 Å². The molecule has 0 aliphatic carbocycles. The zero-order valence-electron chi connectivity index (χ0n) is 15.5. The molecule has 2 rings (SSSR count). The lowest BCUT2D eigenvalue weighted by Gasteiger charge is -2.20. The molecule has 0 spiro atoms. The van der Waals surface area contributed by atoms with Crippen LogP contribution in [0.3, 0.4) is 0 Å². The van der Waals surface area contributed by atoms with Crippen molar-refractivity contribution < 1.29 is 13.2 Å². The van der Waals surface area contributed by atoms with Crippen LogP contribution in [0, 0.1) is 13.8 Å². The molecular formula is C18H21BrClN3O3S. The second-order valence-corrected chi connectivity index (χ2v) is 9.16. The van der Waals surface area contributed by atoms with E-state index in [1.54, 1.807) is 32.9 Å². The number of rotatable bonds is 6. The highest BCUT2D eigenvalue weighted by Crippen LogP contribution is 2.27. The number of pyridine rings is 1. The van der Waals surface area contributed by atoms with Gasteiger partial charge in [-0.15, -0.1) is 0 Å². The van der Waals surface area contributed by atoms with E-state index in [1.165, 1.54) is 16.6 Å². The first-order valence-electron chi connectivity index (χ1n) is 8.35. The lowest BCUT2D eigenvalue weighted by Crippen LogP contribution is -2.30. The predicted molar refractivity (Wildman–Crippen MR) is 111 cm³/mol. The second-order valence-electron chi connectivity index (χ2n) is 5.95. The first-order valence-corrected chi connectivity index (χ1v) is 11.0. The van der Waals surface area contributed by atoms with Crippen molar-refractivity contribution >= 4 is 49.1 Å². The Kier molecular flexibility index (Phi) is 7.02. The highest BCUT2D eigenvalue weighted by molar-refractivity contribution is 9.10. The first kappa shape index (κ1) is 21.8. The number of hydrogen-bond acceptors (Lipinski definition) is 4. The van der Waals surface area contributed by atoms with Gasteiger partial charge in [-0.2, -0.15) is 4.31 Å². The van der Waals surface area contributed by atoms with Crippen molar-refractivity contribution in [1.82, 2.24) is 9.29 Å². The molecule has 0 bridgehead atoms. The predicted octanol–water partition coefficient (Wildman–Crippen LogP) is 4.40. The Balaban J connectivity index is 2.47. The van der Waals surface area contributed by atoms with Crippen molar-refractivity contribution in [2.24, 2.45) is 0 Å². The largest absolute Gasteiger partial charge is 0.322 e. The number of sulfonamides is 1. The van der Waals surface area contributed by atoms with Crippen LogP contribution in [0.5, 0.6) is 0 Å². The molecule has 1 N–H and O–H groups in total. The summed E-state index contributed by atoms with van der Waals surface area (Å²) in [6, 6.07) is 4.66. The van der Waals surface area contributed by atoms with Crippen LogP contribution in [0.25, 0.3) is 0 Å². The van der Waals surface area contributed by atoms with E-state index >= 15 is 0 Å². The maximum atomic E-state index is 12.8. The summed E-state index contributed by atoms with van der Waals surface area (Å²) in [4.78, 5) is 16.7. The van der Waals surface area contributed by atoms with Crippen LogP contribution in [0.15, 0.2) is 33.8 Å². The number of hydrogen-bond donors (Lipinski definition) is 1. The Morgan fingerprint density at radius 3 is 2.44 bits per heavy atom. The lowest BCUT2D eigenvalue weighted by molar-refractivity contribution is 0.102. The van der Waals surface area contributed by atoms with E-state index in [-0.39, 0.29) is 15.6 Å². The van der Waals surface area contributed by atoms with Gasteiger partial charge in [-0.1, -0.05) is 25.4 Å². The molecule has 0 atom stereocenters. The Morgan fingerprint density at radius 1 is 1.22 bits per heavy atom. The van der Waals surface area contributed by atoms with Gasteiger partial charge in [0.15, 0.2) is 0 Å². The van der Waals surface area contributed by atoms with Gasteiger partial charge in [0.2, 0.25) is 10.0 Å². The van der Waals surface area contributed by atoms with Crippen LogP contribution in [0.1, 0.15) is 35.3 Å². The van der Waals surface area contributed by atoms with E-state index in [0.29, 0.717) is 23.2 Å². The number of aryl methyl sites for hydroxylation is 1. The number of aromatic nitrogens is 1. The molecule has 1 amide bonds. The average molecular weight is 475 g/mol. The fourth-order valence-electron chi connectivity index (χ4n) is 2.59. The molecule has 0 radical (unpaired) electrons. The van der Waals surface area contributed by atoms with Gasteiger partial charge in [0.1, 0.15) is 5.15 Å². The van der Waals surface area contributed by atoms with E-state index in [9.17, 15) is 13.2 Å². The highest BCUT2D eigenvalue weighted by Gasteiger charge is 2.24. The van der Waals surface area contributed by atoms with Crippen LogP contribution in [0.4, 0.5) is 5.69 Å². The van der Waals surface area contributed by atoms with E-state index < -0.39 is 15.9 Å². The van der Waals surface area contributed by atoms with E-state index in [0.717, 1.165) is 11.1 Å². The lowest BCUT2D eigenvalue weighted by atomic mass is 10.1. The minimum Gasteiger partial charge on any atom is -0.322 e. The van der Waals surface area contributed by atoms with Crippen LogP contribution in [0.2, 0.25) is 5.15 Å². The van der Waals surface area contributed by atoms with E-state index in [1.807, 2.05) is 6.92 Å². The quantitative estimate of drug-likeness (QED) is 0.629. The molecule has 27 heavy (non-hydrogen) atoms. The highest BCUT2D eigenvalue weighted by atomic mass is 79.9. The van der Waals surface area contributed by atoms with Crippen LogP contribution < -0.4 is 5.32 Å². The molecule has 0 unspecified atom stereocenters. The molecule has 6 nitrogen and oxygen atoms in total. The minimum absolute atomic E-state index is 0.0667. The molecule has 1 aromatic heterocycles. The molecule has 9 heteroatoms. The number of nitrogens with one attached hydrogen (secondary N) is 1. The molecule has 0 saturated carbocycles. The number of carbonyl (C=O) groups is 1. The van der Waals surface area contributed by atoms with Crippen molar-refractivity contribution in [3.63, 3.8) is 0 Å². The Hall–Kier alpha value is -1.48. The van der Waals surface area contributed by atoms with Crippen LogP contribution in [-0.4, -0.2) is 36.7 Å². The Bertz CT molecular complexity index is 976. The zero-order valence-corrected chi connectivity index (χ0v) is 18.7. The molecular weight excluding hydrogens is 454 g/mol. The summed E-state index contributed by atoms with van der Waals surface area (Å²) in [5, 5.41) is 2.82. The van der Waals surface area contributed by atoms with Gasteiger partial charge >= 0.3 is 0 Å². The van der Waals surface area contributed by atoms with Gasteiger partial charge in [0.05, 0.1) is 10.5 Å². The monoisotopic (exact) mass is 473 g/mol. The van der Waals surface area contributed by atoms with Crippen LogP contribution >= 0.6 is 27.5 Å². The van der Waals surface area contributed by atoms with Gasteiger partial charge in [-0.3, -0.25) is 4.79 Å². The number of nitrogens with zero attached hydrogens (tertiary/aromatic N) is 2. The third-order valence-electron chi connectivity index (χ3n) is 4.28. The van der Waals surface area contributed by atoms with E-state index in [4.69, 9.17) is 11.6 Å². The van der Waals surface area contributed by atoms with Gasteiger partial charge < -0.3 is 5.32 Å². The van der Waals surface area contributed by atoms with Crippen molar-refractivity contribution in [3.05, 3.63) is 50.7 Å². The molecule has 0 saturated heterocycles. The number of benzene rings is 1. The summed E-state index contributed by atoms with van der Waals surface area (Å²) in [5.74, 6) is -0.464. The minimum atomic E-state index is -3.64. The summed E-state index contributed by atoms with van der Waals surface area (Å²) in [5.41, 5.74) is 2.15. The van der Waals surface area contributed by atoms with Gasteiger partial charge in [0, 0.05) is 29.4 Å². The molecule has 0 aliphatic rings. The summed E-state index contributed by atoms with van der Waals surface area (Å²) in [6.07, 6.45) is 1.49. The smallest absolute Gasteiger partial charge is 0.258 e. The van der Waals surface area contributed by atoms with Crippen molar-refractivity contribution in [2.45, 2.75) is 32.6 Å². The zero-order chi connectivity index (χ0) is 20.4. The molecule has 1 aromatic carbocycles. The first-order chi connectivity index (χ1) is 12.6. The SMILES string of the molecule is CCN(CC)S(=O)(=O)c1cc(C)c(C)c(NC(=O)c2cc(Br)cnc2Cl)c1. The summed E-state index contributed by atoms with van der Waals surface area (Å²) < 4.78 is 27.7. The second kappa shape index (κ2) is 8.68. The van der Waals surface area contributed by atoms with Gasteiger partial charge in [-0.25, -0.2) is 13.4 Å². The van der Waals surface area contributed by atoms with Crippen molar-refractivity contribution in [3.8, 4) is 0 Å². The standard InChI is InChI=1S/C18H21BrClN3O3S/c1-5-23(6-2)27(25,26)14-7-11(3)12(4)16(9-14)22-18(24)15-8-13(19)10-21-17(15)20/h7-10H,5-6H2,1-4H3,(H,22,24). The number of amides is 1. The maximum Gasteiger partial charge on any atom is 0.258 e. The third kappa shape index (κ3) is 4.68. The normalized spacial score (nSPS) is 11.7. The fraction of sp³-hybridized carbons (Fsp3) is 0.333. The molecule has 146 valence electrons. The molecule has 1 heterocycles. The number of anilines is 1. The number of halogens is 2. The molecule has 0 fully saturated rings. The maximum absolute atomic E-state index is 12.8. The van der Waals surface area contributed by atoms with Crippen LogP contribution in [-0.2, 0) is 10.0 Å². The summed E-state index contributed by atoms with van der Waals surface area (Å²) in [6.45, 7) is 7.93. The van der Waals surface area contributed by atoms with Crippen molar-refractivity contribution in [1.29, 1.82) is 0 Å². The topological polar surface area (TPSA) is 79.4 Å². The van der Waals surface area contributed by atoms with Gasteiger partial charge in [0.25, 0.3) is 5.91 Å². The van der Waals surface area contributed by atoms with E-state index in [2.05, 4.69) is 26.2 Å². The summed E-state index contributed by atoms with van der Waals surface area (Å²) >= 11 is 9.28. The Morgan fingerprint density at radius 2 is 1.85 bits per heavy atom. The number of carbonyl (C=O) groups excluding carboxylic acids is 1. The fourth-order valence-corrected chi connectivity index (χ4v) is 4.68. The molecule has 2 aromatic rings. The van der Waals surface area contributed by atoms with Gasteiger partial charge in [-0.05, 0) is 59.1 Å². The summed E-state index contributed by atoms with van der Waals surface area (Å²) in [7, 11) is -3.64.